The van der Waals surface area contributed by atoms with Crippen LogP contribution >= 0.6 is 0 Å². The number of Topliss-reactive ketones (excluding diaryl/α,β-unsaturated/α-hetero) is 1. The van der Waals surface area contributed by atoms with Gasteiger partial charge in [0.25, 0.3) is 0 Å². The number of rotatable bonds is 3. The third-order valence-electron chi connectivity index (χ3n) is 0.573. The van der Waals surface area contributed by atoms with Crippen molar-refractivity contribution in [2.75, 3.05) is 0 Å². The Morgan fingerprint density at radius 1 is 1.33 bits per heavy atom. The molecule has 9 heavy (non-hydrogen) atoms. The Morgan fingerprint density at radius 2 is 1.78 bits per heavy atom. The molecule has 0 aromatic carbocycles. The van der Waals surface area contributed by atoms with Crippen LogP contribution in [0.25, 0.3) is 0 Å². The number of carbonyl (C=O) groups excluding carboxylic acids is 2. The van der Waals surface area contributed by atoms with Crippen molar-refractivity contribution in [3.05, 3.63) is 0 Å². The number of amides is 1. The van der Waals surface area contributed by atoms with E-state index in [-0.39, 0.29) is 0 Å². The molecule has 0 fully saturated rings. The number of primary amides is 1. The Balaban J connectivity index is 3.79. The zero-order valence-electron chi connectivity index (χ0n) is 4.46. The molecule has 0 aliphatic rings. The first-order valence-electron chi connectivity index (χ1n) is 2.08. The summed E-state index contributed by atoms with van der Waals surface area (Å²) >= 11 is 0. The molecule has 5 heteroatoms. The van der Waals surface area contributed by atoms with Crippen LogP contribution in [-0.4, -0.2) is 22.8 Å². The van der Waals surface area contributed by atoms with Gasteiger partial charge in [-0.1, -0.05) is 0 Å². The highest BCUT2D eigenvalue weighted by Gasteiger charge is 2.13. The number of hydrogen-bond donors (Lipinski definition) is 2. The van der Waals surface area contributed by atoms with Crippen LogP contribution in [0, 0.1) is 0 Å². The molecule has 0 bridgehead atoms. The van der Waals surface area contributed by atoms with Gasteiger partial charge in [0, 0.05) is 0 Å². The summed E-state index contributed by atoms with van der Waals surface area (Å²) in [5.74, 6) is -3.74. The van der Waals surface area contributed by atoms with Crippen molar-refractivity contribution in [1.29, 1.82) is 0 Å². The van der Waals surface area contributed by atoms with Crippen molar-refractivity contribution in [2.24, 2.45) is 5.73 Å². The maximum Gasteiger partial charge on any atom is 0.372 e. The van der Waals surface area contributed by atoms with Crippen LogP contribution in [-0.2, 0) is 14.4 Å². The summed E-state index contributed by atoms with van der Waals surface area (Å²) in [6.07, 6.45) is -0.727. The molecule has 0 rings (SSSR count). The van der Waals surface area contributed by atoms with E-state index in [9.17, 15) is 14.4 Å². The number of ketones is 1. The van der Waals surface area contributed by atoms with E-state index < -0.39 is 24.1 Å². The second-order valence-corrected chi connectivity index (χ2v) is 1.37. The van der Waals surface area contributed by atoms with E-state index >= 15 is 0 Å². The van der Waals surface area contributed by atoms with Crippen LogP contribution in [0.3, 0.4) is 0 Å². The summed E-state index contributed by atoms with van der Waals surface area (Å²) in [7, 11) is 0. The third kappa shape index (κ3) is 3.22. The minimum Gasteiger partial charge on any atom is -0.475 e. The van der Waals surface area contributed by atoms with Crippen LogP contribution < -0.4 is 5.73 Å². The monoisotopic (exact) mass is 131 g/mol. The Kier molecular flexibility index (Phi) is 2.37. The van der Waals surface area contributed by atoms with E-state index in [2.05, 4.69) is 5.73 Å². The van der Waals surface area contributed by atoms with Gasteiger partial charge in [-0.25, -0.2) is 4.79 Å². The molecule has 0 saturated carbocycles. The summed E-state index contributed by atoms with van der Waals surface area (Å²) in [5, 5.41) is 7.87. The minimum atomic E-state index is -1.63. The molecule has 0 aromatic rings. The average Bonchev–Trinajstić information content (AvgIpc) is 1.63. The molecule has 0 aromatic heterocycles. The molecule has 0 unspecified atom stereocenters. The molecule has 0 saturated heterocycles. The zero-order chi connectivity index (χ0) is 7.44. The molecule has 50 valence electrons. The molecule has 3 N–H and O–H groups in total. The van der Waals surface area contributed by atoms with Crippen molar-refractivity contribution in [2.45, 2.75) is 6.42 Å². The fourth-order valence-corrected chi connectivity index (χ4v) is 0.234. The predicted molar refractivity (Wildman–Crippen MR) is 26.5 cm³/mol. The van der Waals surface area contributed by atoms with E-state index in [0.717, 1.165) is 0 Å². The van der Waals surface area contributed by atoms with Gasteiger partial charge in [-0.3, -0.25) is 9.59 Å². The highest BCUT2D eigenvalue weighted by atomic mass is 16.4. The Labute approximate surface area is 50.5 Å². The molecule has 0 spiro atoms. The second kappa shape index (κ2) is 2.81. The van der Waals surface area contributed by atoms with Gasteiger partial charge < -0.3 is 10.8 Å². The molecular formula is C4H5NO4. The lowest BCUT2D eigenvalue weighted by atomic mass is 10.3. The molecule has 0 heterocycles. The molecule has 0 atom stereocenters. The number of hydrogen-bond acceptors (Lipinski definition) is 3. The highest BCUT2D eigenvalue weighted by Crippen LogP contribution is 1.79. The molecule has 1 amide bonds. The lowest BCUT2D eigenvalue weighted by molar-refractivity contribution is -0.150. The zero-order valence-corrected chi connectivity index (χ0v) is 4.46. The average molecular weight is 131 g/mol. The highest BCUT2D eigenvalue weighted by molar-refractivity contribution is 6.36. The number of carbonyl (C=O) groups is 3. The summed E-state index contributed by atoms with van der Waals surface area (Å²) in [6.45, 7) is 0. The van der Waals surface area contributed by atoms with Gasteiger partial charge >= 0.3 is 5.97 Å². The Hall–Kier alpha value is -1.39. The number of carboxylic acids is 1. The summed E-state index contributed by atoms with van der Waals surface area (Å²) in [5.41, 5.74) is 4.51. The smallest absolute Gasteiger partial charge is 0.372 e. The minimum absolute atomic E-state index is 0.727. The van der Waals surface area contributed by atoms with Gasteiger partial charge in [-0.2, -0.15) is 0 Å². The molecule has 0 aliphatic carbocycles. The first-order chi connectivity index (χ1) is 4.04. The topological polar surface area (TPSA) is 97.5 Å². The summed E-state index contributed by atoms with van der Waals surface area (Å²) in [4.78, 5) is 29.6. The van der Waals surface area contributed by atoms with Crippen LogP contribution in [0.1, 0.15) is 6.42 Å². The maximum atomic E-state index is 10.1. The Bertz CT molecular complexity index is 162. The van der Waals surface area contributed by atoms with Gasteiger partial charge in [0.1, 0.15) is 0 Å². The summed E-state index contributed by atoms with van der Waals surface area (Å²) < 4.78 is 0. The van der Waals surface area contributed by atoms with E-state index in [0.29, 0.717) is 0 Å². The van der Waals surface area contributed by atoms with Gasteiger partial charge in [0.05, 0.1) is 6.42 Å². The lowest BCUT2D eigenvalue weighted by Crippen LogP contribution is -2.21. The molecule has 0 aliphatic heterocycles. The predicted octanol–water partition coefficient (Wildman–Crippen LogP) is -1.48. The van der Waals surface area contributed by atoms with Crippen LogP contribution in [0.4, 0.5) is 0 Å². The van der Waals surface area contributed by atoms with Crippen molar-refractivity contribution in [1.82, 2.24) is 0 Å². The van der Waals surface area contributed by atoms with Crippen molar-refractivity contribution < 1.29 is 19.5 Å². The first kappa shape index (κ1) is 7.61. The molecule has 0 radical (unpaired) electrons. The van der Waals surface area contributed by atoms with Crippen molar-refractivity contribution in [3.63, 3.8) is 0 Å². The summed E-state index contributed by atoms with van der Waals surface area (Å²) in [6, 6.07) is 0. The van der Waals surface area contributed by atoms with Crippen LogP contribution in [0.15, 0.2) is 0 Å². The van der Waals surface area contributed by atoms with Gasteiger partial charge in [0.15, 0.2) is 0 Å². The van der Waals surface area contributed by atoms with Gasteiger partial charge in [-0.15, -0.1) is 0 Å². The van der Waals surface area contributed by atoms with E-state index in [4.69, 9.17) is 5.11 Å². The largest absolute Gasteiger partial charge is 0.475 e. The third-order valence-corrected chi connectivity index (χ3v) is 0.573. The standard InChI is InChI=1S/C4H5NO4/c5-3(7)1-2(6)4(8)9/h1H2,(H2,5,7)(H,8,9). The fourth-order valence-electron chi connectivity index (χ4n) is 0.234. The molecule has 5 nitrogen and oxygen atoms in total. The number of nitrogens with two attached hydrogens (primary N) is 1. The normalized spacial score (nSPS) is 8.44. The van der Waals surface area contributed by atoms with E-state index in [1.54, 1.807) is 0 Å². The van der Waals surface area contributed by atoms with Crippen LogP contribution in [0.2, 0.25) is 0 Å². The maximum absolute atomic E-state index is 10.1. The SMILES string of the molecule is NC(=O)CC(=O)C(=O)O. The number of carboxylic acid groups (broad SMARTS) is 1. The number of aliphatic carboxylic acids is 1. The Morgan fingerprint density at radius 3 is 1.89 bits per heavy atom. The first-order valence-corrected chi connectivity index (χ1v) is 2.08. The molecular weight excluding hydrogens is 126 g/mol. The van der Waals surface area contributed by atoms with Crippen molar-refractivity contribution in [3.8, 4) is 0 Å². The van der Waals surface area contributed by atoms with Gasteiger partial charge in [-0.05, 0) is 0 Å². The van der Waals surface area contributed by atoms with Crippen LogP contribution in [0.5, 0.6) is 0 Å². The lowest BCUT2D eigenvalue weighted by Gasteiger charge is -1.86. The van der Waals surface area contributed by atoms with Crippen molar-refractivity contribution >= 4 is 17.7 Å². The van der Waals surface area contributed by atoms with E-state index in [1.165, 1.54) is 0 Å². The fraction of sp³-hybridized carbons (Fsp3) is 0.250. The van der Waals surface area contributed by atoms with Gasteiger partial charge in [0.2, 0.25) is 11.7 Å². The quantitative estimate of drug-likeness (QED) is 0.360. The van der Waals surface area contributed by atoms with E-state index in [1.807, 2.05) is 0 Å². The second-order valence-electron chi connectivity index (χ2n) is 1.37.